The van der Waals surface area contributed by atoms with Gasteiger partial charge in [-0.3, -0.25) is 14.9 Å². The summed E-state index contributed by atoms with van der Waals surface area (Å²) in [6.45, 7) is 1.29. The van der Waals surface area contributed by atoms with Crippen molar-refractivity contribution in [1.29, 1.82) is 0 Å². The zero-order chi connectivity index (χ0) is 18.2. The number of hydrogen-bond acceptors (Lipinski definition) is 5. The van der Waals surface area contributed by atoms with E-state index in [1.165, 1.54) is 14.0 Å². The van der Waals surface area contributed by atoms with E-state index in [9.17, 15) is 9.59 Å². The zero-order valence-electron chi connectivity index (χ0n) is 13.9. The molecule has 1 amide bonds. The molecule has 0 aliphatic heterocycles. The molecule has 0 saturated heterocycles. The first-order valence-electron chi connectivity index (χ1n) is 7.47. The second-order valence-corrected chi connectivity index (χ2v) is 5.48. The van der Waals surface area contributed by atoms with Crippen LogP contribution in [-0.2, 0) is 4.79 Å². The van der Waals surface area contributed by atoms with E-state index in [4.69, 9.17) is 21.7 Å². The molecule has 7 heteroatoms. The van der Waals surface area contributed by atoms with Crippen LogP contribution in [0.1, 0.15) is 17.3 Å². The van der Waals surface area contributed by atoms with Gasteiger partial charge in [-0.1, -0.05) is 12.1 Å². The lowest BCUT2D eigenvalue weighted by Crippen LogP contribution is -2.37. The van der Waals surface area contributed by atoms with Gasteiger partial charge in [0.2, 0.25) is 0 Å². The molecule has 0 heterocycles. The molecule has 2 rings (SSSR count). The topological polar surface area (TPSA) is 76.7 Å². The van der Waals surface area contributed by atoms with Crippen LogP contribution >= 0.6 is 12.2 Å². The van der Waals surface area contributed by atoms with Gasteiger partial charge in [-0.2, -0.15) is 0 Å². The van der Waals surface area contributed by atoms with Gasteiger partial charge in [0.25, 0.3) is 5.91 Å². The molecule has 2 N–H and O–H groups in total. The molecule has 2 aromatic rings. The number of Topliss-reactive ketones (excluding diaryl/α,β-unsaturated/α-hetero) is 1. The van der Waals surface area contributed by atoms with E-state index in [2.05, 4.69) is 10.6 Å². The molecule has 130 valence electrons. The maximum absolute atomic E-state index is 11.9. The summed E-state index contributed by atoms with van der Waals surface area (Å²) in [5, 5.41) is 5.53. The maximum Gasteiger partial charge on any atom is 0.264 e. The maximum atomic E-state index is 11.9. The number of methoxy groups -OCH3 is 1. The molecular formula is C18H18N2O4S. The fraction of sp³-hybridized carbons (Fsp3) is 0.167. The smallest absolute Gasteiger partial charge is 0.264 e. The number of para-hydroxylation sites is 2. The van der Waals surface area contributed by atoms with Crippen LogP contribution in [0.25, 0.3) is 0 Å². The molecule has 0 atom stereocenters. The lowest BCUT2D eigenvalue weighted by Gasteiger charge is -2.12. The van der Waals surface area contributed by atoms with Crippen LogP contribution in [0.15, 0.2) is 48.5 Å². The molecule has 0 saturated carbocycles. The van der Waals surface area contributed by atoms with Crippen LogP contribution < -0.4 is 20.1 Å². The van der Waals surface area contributed by atoms with Crippen LogP contribution in [0, 0.1) is 0 Å². The highest BCUT2D eigenvalue weighted by molar-refractivity contribution is 7.80. The standard InChI is InChI=1S/C18H18N2O4S/c1-12(21)13-7-9-14(10-8-13)19-18(25)20-17(22)11-24-16-6-4-3-5-15(16)23-2/h3-10H,11H2,1-2H3,(H2,19,20,22,25). The Hall–Kier alpha value is -2.93. The third kappa shape index (κ3) is 5.58. The summed E-state index contributed by atoms with van der Waals surface area (Å²) < 4.78 is 10.6. The summed E-state index contributed by atoms with van der Waals surface area (Å²) in [5.74, 6) is 0.597. The van der Waals surface area contributed by atoms with Crippen molar-refractivity contribution >= 4 is 34.7 Å². The van der Waals surface area contributed by atoms with Gasteiger partial charge < -0.3 is 14.8 Å². The number of ether oxygens (including phenoxy) is 2. The lowest BCUT2D eigenvalue weighted by atomic mass is 10.1. The molecule has 0 bridgehead atoms. The molecule has 25 heavy (non-hydrogen) atoms. The number of rotatable bonds is 6. The second kappa shape index (κ2) is 8.79. The number of hydrogen-bond donors (Lipinski definition) is 2. The van der Waals surface area contributed by atoms with Crippen LogP contribution in [0.5, 0.6) is 11.5 Å². The monoisotopic (exact) mass is 358 g/mol. The number of anilines is 1. The largest absolute Gasteiger partial charge is 0.493 e. The van der Waals surface area contributed by atoms with Gasteiger partial charge in [0.1, 0.15) is 0 Å². The Morgan fingerprint density at radius 1 is 1.04 bits per heavy atom. The molecule has 0 aromatic heterocycles. The number of benzene rings is 2. The zero-order valence-corrected chi connectivity index (χ0v) is 14.7. The Morgan fingerprint density at radius 2 is 1.68 bits per heavy atom. The summed E-state index contributed by atoms with van der Waals surface area (Å²) in [6, 6.07) is 13.8. The van der Waals surface area contributed by atoms with E-state index in [0.717, 1.165) is 0 Å². The van der Waals surface area contributed by atoms with E-state index >= 15 is 0 Å². The van der Waals surface area contributed by atoms with Crippen molar-refractivity contribution in [3.63, 3.8) is 0 Å². The average molecular weight is 358 g/mol. The van der Waals surface area contributed by atoms with Gasteiger partial charge in [0.15, 0.2) is 29.0 Å². The second-order valence-electron chi connectivity index (χ2n) is 5.08. The van der Waals surface area contributed by atoms with Gasteiger partial charge in [0.05, 0.1) is 7.11 Å². The summed E-state index contributed by atoms with van der Waals surface area (Å²) in [5.41, 5.74) is 1.27. The molecule has 6 nitrogen and oxygen atoms in total. The van der Waals surface area contributed by atoms with E-state index in [1.807, 2.05) is 6.07 Å². The van der Waals surface area contributed by atoms with Gasteiger partial charge >= 0.3 is 0 Å². The summed E-state index contributed by atoms with van der Waals surface area (Å²) >= 11 is 5.09. The van der Waals surface area contributed by atoms with Crippen molar-refractivity contribution in [1.82, 2.24) is 5.32 Å². The summed E-state index contributed by atoms with van der Waals surface area (Å²) in [7, 11) is 1.53. The molecule has 0 radical (unpaired) electrons. The Balaban J connectivity index is 1.83. The fourth-order valence-corrected chi connectivity index (χ4v) is 2.23. The minimum absolute atomic E-state index is 0.0177. The third-order valence-corrected chi connectivity index (χ3v) is 3.43. The predicted octanol–water partition coefficient (Wildman–Crippen LogP) is 2.79. The average Bonchev–Trinajstić information content (AvgIpc) is 2.60. The van der Waals surface area contributed by atoms with E-state index in [-0.39, 0.29) is 17.5 Å². The van der Waals surface area contributed by atoms with E-state index in [1.54, 1.807) is 42.5 Å². The summed E-state index contributed by atoms with van der Waals surface area (Å²) in [4.78, 5) is 23.1. The quantitative estimate of drug-likeness (QED) is 0.611. The van der Waals surface area contributed by atoms with E-state index in [0.29, 0.717) is 22.7 Å². The van der Waals surface area contributed by atoms with Crippen molar-refractivity contribution in [2.24, 2.45) is 0 Å². The van der Waals surface area contributed by atoms with Crippen molar-refractivity contribution in [3.05, 3.63) is 54.1 Å². The molecule has 0 spiro atoms. The van der Waals surface area contributed by atoms with Crippen molar-refractivity contribution < 1.29 is 19.1 Å². The van der Waals surface area contributed by atoms with Crippen LogP contribution in [0.2, 0.25) is 0 Å². The number of amides is 1. The molecule has 0 fully saturated rings. The van der Waals surface area contributed by atoms with Gasteiger partial charge in [-0.15, -0.1) is 0 Å². The van der Waals surface area contributed by atoms with Crippen LogP contribution in [-0.4, -0.2) is 30.5 Å². The molecular weight excluding hydrogens is 340 g/mol. The highest BCUT2D eigenvalue weighted by Gasteiger charge is 2.09. The Labute approximate surface area is 151 Å². The molecule has 2 aromatic carbocycles. The van der Waals surface area contributed by atoms with Gasteiger partial charge in [0, 0.05) is 11.3 Å². The predicted molar refractivity (Wildman–Crippen MR) is 99.3 cm³/mol. The van der Waals surface area contributed by atoms with Crippen molar-refractivity contribution in [3.8, 4) is 11.5 Å². The number of ketones is 1. The first kappa shape index (κ1) is 18.4. The Bertz CT molecular complexity index is 775. The van der Waals surface area contributed by atoms with E-state index < -0.39 is 5.91 Å². The van der Waals surface area contributed by atoms with Crippen molar-refractivity contribution in [2.45, 2.75) is 6.92 Å². The van der Waals surface area contributed by atoms with Gasteiger partial charge in [-0.25, -0.2) is 0 Å². The molecule has 0 aliphatic carbocycles. The fourth-order valence-electron chi connectivity index (χ4n) is 1.99. The highest BCUT2D eigenvalue weighted by atomic mass is 32.1. The Kier molecular flexibility index (Phi) is 6.47. The summed E-state index contributed by atoms with van der Waals surface area (Å²) in [6.07, 6.45) is 0. The SMILES string of the molecule is COc1ccccc1OCC(=O)NC(=S)Nc1ccc(C(C)=O)cc1. The third-order valence-electron chi connectivity index (χ3n) is 3.23. The molecule has 0 aliphatic rings. The first-order chi connectivity index (χ1) is 12.0. The normalized spacial score (nSPS) is 9.84. The lowest BCUT2D eigenvalue weighted by molar-refractivity contribution is -0.121. The number of carbonyl (C=O) groups excluding carboxylic acids is 2. The minimum Gasteiger partial charge on any atom is -0.493 e. The highest BCUT2D eigenvalue weighted by Crippen LogP contribution is 2.25. The number of thiocarbonyl (C=S) groups is 1. The van der Waals surface area contributed by atoms with Gasteiger partial charge in [-0.05, 0) is 55.5 Å². The van der Waals surface area contributed by atoms with Crippen LogP contribution in [0.4, 0.5) is 5.69 Å². The molecule has 0 unspecified atom stereocenters. The number of nitrogens with one attached hydrogen (secondary N) is 2. The van der Waals surface area contributed by atoms with Crippen molar-refractivity contribution in [2.75, 3.05) is 19.0 Å². The number of carbonyl (C=O) groups is 2. The minimum atomic E-state index is -0.399. The van der Waals surface area contributed by atoms with Crippen LogP contribution in [0.3, 0.4) is 0 Å². The first-order valence-corrected chi connectivity index (χ1v) is 7.88. The Morgan fingerprint density at radius 3 is 2.28 bits per heavy atom.